The Morgan fingerprint density at radius 3 is 2.70 bits per heavy atom. The van der Waals surface area contributed by atoms with Crippen LogP contribution in [0.25, 0.3) is 6.08 Å². The lowest BCUT2D eigenvalue weighted by molar-refractivity contribution is 0.0951. The number of nitrogens with zero attached hydrogens (tertiary/aromatic N) is 1. The van der Waals surface area contributed by atoms with E-state index in [0.717, 1.165) is 5.56 Å². The first-order chi connectivity index (χ1) is 14.5. The highest BCUT2D eigenvalue weighted by atomic mass is 35.5. The number of hydrogen-bond acceptors (Lipinski definition) is 4. The number of hydrogen-bond donors (Lipinski definition) is 2. The van der Waals surface area contributed by atoms with Crippen molar-refractivity contribution in [1.29, 1.82) is 0 Å². The lowest BCUT2D eigenvalue weighted by Gasteiger charge is -2.19. The van der Waals surface area contributed by atoms with Gasteiger partial charge in [-0.25, -0.2) is 4.21 Å². The number of carbonyl (C=O) groups is 2. The summed E-state index contributed by atoms with van der Waals surface area (Å²) >= 11 is 5.89. The molecule has 6 nitrogen and oxygen atoms in total. The van der Waals surface area contributed by atoms with Crippen molar-refractivity contribution in [3.8, 4) is 0 Å². The SMILES string of the molecule is O=C(NCc1cccnc1)c1ccc2c(c1)C(=O)/C(=C/c1ccc(Cl)cc1)S(=O)N2. The van der Waals surface area contributed by atoms with Crippen molar-refractivity contribution in [1.82, 2.24) is 10.3 Å². The van der Waals surface area contributed by atoms with Crippen molar-refractivity contribution < 1.29 is 13.8 Å². The van der Waals surface area contributed by atoms with Crippen LogP contribution in [0.3, 0.4) is 0 Å². The van der Waals surface area contributed by atoms with Gasteiger partial charge in [0.25, 0.3) is 5.91 Å². The number of rotatable bonds is 4. The molecule has 1 aliphatic heterocycles. The van der Waals surface area contributed by atoms with Gasteiger partial charge in [-0.1, -0.05) is 29.8 Å². The van der Waals surface area contributed by atoms with Crippen LogP contribution in [0.2, 0.25) is 5.02 Å². The van der Waals surface area contributed by atoms with Gasteiger partial charge < -0.3 is 10.0 Å². The molecule has 0 aliphatic carbocycles. The number of amides is 1. The zero-order chi connectivity index (χ0) is 21.1. The molecule has 1 aliphatic rings. The Labute approximate surface area is 180 Å². The maximum Gasteiger partial charge on any atom is 0.251 e. The summed E-state index contributed by atoms with van der Waals surface area (Å²) in [5.41, 5.74) is 2.63. The fourth-order valence-electron chi connectivity index (χ4n) is 2.95. The third-order valence-electron chi connectivity index (χ3n) is 4.50. The molecule has 0 saturated carbocycles. The van der Waals surface area contributed by atoms with E-state index >= 15 is 0 Å². The van der Waals surface area contributed by atoms with E-state index in [1.54, 1.807) is 60.9 Å². The maximum absolute atomic E-state index is 13.0. The van der Waals surface area contributed by atoms with E-state index in [2.05, 4.69) is 15.0 Å². The molecular formula is C22H16ClN3O3S. The van der Waals surface area contributed by atoms with E-state index in [1.807, 2.05) is 6.07 Å². The number of nitrogens with one attached hydrogen (secondary N) is 2. The lowest BCUT2D eigenvalue weighted by atomic mass is 10.0. The van der Waals surface area contributed by atoms with Crippen LogP contribution in [0.1, 0.15) is 31.8 Å². The molecule has 1 aromatic heterocycles. The Bertz CT molecular complexity index is 1180. The van der Waals surface area contributed by atoms with Crippen LogP contribution in [0.4, 0.5) is 5.69 Å². The molecule has 30 heavy (non-hydrogen) atoms. The predicted molar refractivity (Wildman–Crippen MR) is 117 cm³/mol. The fourth-order valence-corrected chi connectivity index (χ4v) is 4.09. The maximum atomic E-state index is 13.0. The second kappa shape index (κ2) is 8.61. The molecule has 0 radical (unpaired) electrons. The zero-order valence-electron chi connectivity index (χ0n) is 15.6. The van der Waals surface area contributed by atoms with Gasteiger partial charge in [0.1, 0.15) is 4.91 Å². The van der Waals surface area contributed by atoms with Gasteiger partial charge in [-0.2, -0.15) is 0 Å². The summed E-state index contributed by atoms with van der Waals surface area (Å²) in [5, 5.41) is 3.37. The number of benzene rings is 2. The van der Waals surface area contributed by atoms with E-state index in [9.17, 15) is 13.8 Å². The van der Waals surface area contributed by atoms with Crippen molar-refractivity contribution >= 4 is 46.0 Å². The van der Waals surface area contributed by atoms with Crippen molar-refractivity contribution in [2.45, 2.75) is 6.54 Å². The molecular weight excluding hydrogens is 422 g/mol. The van der Waals surface area contributed by atoms with Crippen LogP contribution in [-0.4, -0.2) is 20.9 Å². The van der Waals surface area contributed by atoms with Crippen molar-refractivity contribution in [3.05, 3.63) is 99.2 Å². The van der Waals surface area contributed by atoms with Gasteiger partial charge in [0.2, 0.25) is 5.78 Å². The minimum Gasteiger partial charge on any atom is -0.348 e. The van der Waals surface area contributed by atoms with Crippen molar-refractivity contribution in [2.75, 3.05) is 4.72 Å². The summed E-state index contributed by atoms with van der Waals surface area (Å²) in [6.45, 7) is 0.321. The number of anilines is 1. The van der Waals surface area contributed by atoms with Crippen LogP contribution in [0, 0.1) is 0 Å². The van der Waals surface area contributed by atoms with Gasteiger partial charge >= 0.3 is 0 Å². The molecule has 1 atom stereocenters. The quantitative estimate of drug-likeness (QED) is 0.604. The Morgan fingerprint density at radius 2 is 1.97 bits per heavy atom. The third-order valence-corrected chi connectivity index (χ3v) is 5.86. The standard InChI is InChI=1S/C22H16ClN3O3S/c23-17-6-3-14(4-7-17)10-20-21(27)18-11-16(5-8-19(18)26-30(20)29)22(28)25-13-15-2-1-9-24-12-15/h1-12,26H,13H2,(H,25,28)/b20-10-. The first kappa shape index (κ1) is 20.0. The van der Waals surface area contributed by atoms with Crippen LogP contribution < -0.4 is 10.0 Å². The van der Waals surface area contributed by atoms with E-state index in [-0.39, 0.29) is 16.6 Å². The predicted octanol–water partition coefficient (Wildman–Crippen LogP) is 3.98. The third kappa shape index (κ3) is 4.32. The molecule has 2 N–H and O–H groups in total. The monoisotopic (exact) mass is 437 g/mol. The molecule has 1 amide bonds. The zero-order valence-corrected chi connectivity index (χ0v) is 17.2. The molecule has 0 spiro atoms. The number of Topliss-reactive ketones (excluding diaryl/α,β-unsaturated/α-hetero) is 1. The normalized spacial score (nSPS) is 16.6. The average Bonchev–Trinajstić information content (AvgIpc) is 2.77. The first-order valence-electron chi connectivity index (χ1n) is 9.03. The smallest absolute Gasteiger partial charge is 0.251 e. The average molecular weight is 438 g/mol. The van der Waals surface area contributed by atoms with E-state index in [1.165, 1.54) is 6.07 Å². The second-order valence-electron chi connectivity index (χ2n) is 6.56. The number of allylic oxidation sites excluding steroid dienone is 1. The minimum atomic E-state index is -1.70. The number of fused-ring (bicyclic) bond motifs is 1. The molecule has 3 aromatic rings. The van der Waals surface area contributed by atoms with Gasteiger partial charge in [-0.05, 0) is 53.6 Å². The van der Waals surface area contributed by atoms with Crippen molar-refractivity contribution in [2.24, 2.45) is 0 Å². The van der Waals surface area contributed by atoms with Gasteiger partial charge in [0, 0.05) is 35.1 Å². The topological polar surface area (TPSA) is 88.2 Å². The number of pyridine rings is 1. The molecule has 1 unspecified atom stereocenters. The molecule has 4 rings (SSSR count). The van der Waals surface area contributed by atoms with Crippen LogP contribution in [0.15, 0.2) is 71.9 Å². The van der Waals surface area contributed by atoms with Gasteiger partial charge in [-0.15, -0.1) is 0 Å². The van der Waals surface area contributed by atoms with Crippen LogP contribution in [-0.2, 0) is 17.5 Å². The van der Waals surface area contributed by atoms with E-state index in [4.69, 9.17) is 11.6 Å². The molecule has 2 aromatic carbocycles. The highest BCUT2D eigenvalue weighted by molar-refractivity contribution is 7.91. The minimum absolute atomic E-state index is 0.109. The molecule has 0 saturated heterocycles. The van der Waals surface area contributed by atoms with Crippen molar-refractivity contribution in [3.63, 3.8) is 0 Å². The summed E-state index contributed by atoms with van der Waals surface area (Å²) in [6, 6.07) is 15.2. The summed E-state index contributed by atoms with van der Waals surface area (Å²) in [4.78, 5) is 29.6. The summed E-state index contributed by atoms with van der Waals surface area (Å²) in [6.07, 6.45) is 4.89. The second-order valence-corrected chi connectivity index (χ2v) is 8.18. The summed E-state index contributed by atoms with van der Waals surface area (Å²) < 4.78 is 15.3. The Balaban J connectivity index is 1.58. The largest absolute Gasteiger partial charge is 0.348 e. The van der Waals surface area contributed by atoms with E-state index in [0.29, 0.717) is 33.9 Å². The Kier molecular flexibility index (Phi) is 5.74. The molecule has 2 heterocycles. The highest BCUT2D eigenvalue weighted by Gasteiger charge is 2.28. The van der Waals surface area contributed by atoms with Crippen LogP contribution in [0.5, 0.6) is 0 Å². The van der Waals surface area contributed by atoms with Gasteiger partial charge in [0.05, 0.1) is 5.69 Å². The molecule has 150 valence electrons. The highest BCUT2D eigenvalue weighted by Crippen LogP contribution is 2.29. The summed E-state index contributed by atoms with van der Waals surface area (Å²) in [7, 11) is -1.70. The van der Waals surface area contributed by atoms with E-state index < -0.39 is 11.0 Å². The summed E-state index contributed by atoms with van der Waals surface area (Å²) in [5.74, 6) is -0.705. The molecule has 0 fully saturated rings. The fraction of sp³-hybridized carbons (Fsp3) is 0.0455. The molecule has 8 heteroatoms. The van der Waals surface area contributed by atoms with Gasteiger partial charge in [-0.3, -0.25) is 14.6 Å². The first-order valence-corrected chi connectivity index (χ1v) is 10.6. The number of halogens is 1. The van der Waals surface area contributed by atoms with Crippen LogP contribution >= 0.6 is 11.6 Å². The number of ketones is 1. The Hall–Kier alpha value is -3.29. The number of carbonyl (C=O) groups excluding carboxylic acids is 2. The molecule has 0 bridgehead atoms. The van der Waals surface area contributed by atoms with Gasteiger partial charge in [0.15, 0.2) is 11.0 Å². The number of aromatic nitrogens is 1. The lowest BCUT2D eigenvalue weighted by Crippen LogP contribution is -2.25. The Morgan fingerprint density at radius 1 is 1.17 bits per heavy atom.